The van der Waals surface area contributed by atoms with Gasteiger partial charge in [-0.2, -0.15) is 5.10 Å². The molecule has 1 amide bonds. The minimum absolute atomic E-state index is 0.135. The molecule has 28 heavy (non-hydrogen) atoms. The zero-order valence-corrected chi connectivity index (χ0v) is 17.0. The molecule has 1 unspecified atom stereocenters. The number of benzene rings is 2. The predicted octanol–water partition coefficient (Wildman–Crippen LogP) is 5.33. The van der Waals surface area contributed by atoms with Crippen molar-refractivity contribution in [1.29, 1.82) is 0 Å². The molecule has 0 fully saturated rings. The van der Waals surface area contributed by atoms with Gasteiger partial charge in [-0.1, -0.05) is 50.4 Å². The van der Waals surface area contributed by atoms with E-state index in [4.69, 9.17) is 16.7 Å². The molecule has 4 nitrogen and oxygen atoms in total. The zero-order valence-electron chi connectivity index (χ0n) is 16.2. The number of rotatable bonds is 7. The fourth-order valence-corrected chi connectivity index (χ4v) is 3.67. The number of nitrogens with one attached hydrogen (secondary N) is 1. The Morgan fingerprint density at radius 1 is 1.21 bits per heavy atom. The standard InChI is InChI=1S/C22H25ClFN3O/c1-3-4-13-22(2)15-27(26-21(22)16-5-9-18(24)10-6-16)14-20(28)25-19-11-7-17(23)8-12-19/h5-12H,3-4,13-15H2,1-2H3,(H,25,28). The summed E-state index contributed by atoms with van der Waals surface area (Å²) in [5.74, 6) is -0.402. The number of nitrogens with zero attached hydrogens (tertiary/aromatic N) is 2. The highest BCUT2D eigenvalue weighted by Gasteiger charge is 2.39. The lowest BCUT2D eigenvalue weighted by Gasteiger charge is -2.26. The fourth-order valence-electron chi connectivity index (χ4n) is 3.54. The van der Waals surface area contributed by atoms with Crippen molar-refractivity contribution in [2.75, 3.05) is 18.4 Å². The predicted molar refractivity (Wildman–Crippen MR) is 112 cm³/mol. The van der Waals surface area contributed by atoms with Crippen molar-refractivity contribution in [1.82, 2.24) is 5.01 Å². The van der Waals surface area contributed by atoms with Gasteiger partial charge < -0.3 is 5.32 Å². The van der Waals surface area contributed by atoms with Crippen molar-refractivity contribution in [2.45, 2.75) is 33.1 Å². The molecule has 148 valence electrons. The highest BCUT2D eigenvalue weighted by molar-refractivity contribution is 6.30. The van der Waals surface area contributed by atoms with E-state index in [9.17, 15) is 9.18 Å². The molecule has 2 aromatic carbocycles. The molecule has 1 heterocycles. The molecule has 6 heteroatoms. The summed E-state index contributed by atoms with van der Waals surface area (Å²) in [4.78, 5) is 12.5. The van der Waals surface area contributed by atoms with Crippen LogP contribution in [0.3, 0.4) is 0 Å². The molecule has 0 aromatic heterocycles. The Morgan fingerprint density at radius 2 is 1.89 bits per heavy atom. The average Bonchev–Trinajstić information content (AvgIpc) is 2.99. The van der Waals surface area contributed by atoms with Gasteiger partial charge in [0.25, 0.3) is 0 Å². The summed E-state index contributed by atoms with van der Waals surface area (Å²) in [6.45, 7) is 5.15. The van der Waals surface area contributed by atoms with Crippen LogP contribution in [-0.4, -0.2) is 29.7 Å². The van der Waals surface area contributed by atoms with E-state index >= 15 is 0 Å². The normalized spacial score (nSPS) is 18.9. The van der Waals surface area contributed by atoms with Crippen LogP contribution in [0.5, 0.6) is 0 Å². The Hall–Kier alpha value is -2.40. The minimum atomic E-state index is -0.267. The largest absolute Gasteiger partial charge is 0.324 e. The number of unbranched alkanes of at least 4 members (excludes halogenated alkanes) is 1. The van der Waals surface area contributed by atoms with Gasteiger partial charge in [0, 0.05) is 22.7 Å². The fraction of sp³-hybridized carbons (Fsp3) is 0.364. The molecule has 1 atom stereocenters. The second-order valence-corrected chi connectivity index (χ2v) is 7.93. The van der Waals surface area contributed by atoms with Gasteiger partial charge >= 0.3 is 0 Å². The van der Waals surface area contributed by atoms with Crippen molar-refractivity contribution in [3.05, 3.63) is 64.9 Å². The Bertz CT molecular complexity index is 851. The van der Waals surface area contributed by atoms with Crippen LogP contribution >= 0.6 is 11.6 Å². The average molecular weight is 402 g/mol. The van der Waals surface area contributed by atoms with Gasteiger partial charge in [0.05, 0.1) is 5.71 Å². The van der Waals surface area contributed by atoms with Crippen LogP contribution in [0.25, 0.3) is 0 Å². The molecule has 0 bridgehead atoms. The third kappa shape index (κ3) is 4.90. The van der Waals surface area contributed by atoms with Crippen LogP contribution < -0.4 is 5.32 Å². The summed E-state index contributed by atoms with van der Waals surface area (Å²) in [5, 5.41) is 10.0. The molecule has 0 spiro atoms. The molecular formula is C22H25ClFN3O. The summed E-state index contributed by atoms with van der Waals surface area (Å²) in [6.07, 6.45) is 3.12. The van der Waals surface area contributed by atoms with Crippen LogP contribution in [0.4, 0.5) is 10.1 Å². The lowest BCUT2D eigenvalue weighted by molar-refractivity contribution is -0.117. The van der Waals surface area contributed by atoms with E-state index in [0.717, 1.165) is 30.5 Å². The van der Waals surface area contributed by atoms with Crippen LogP contribution in [0.2, 0.25) is 5.02 Å². The van der Waals surface area contributed by atoms with Gasteiger partial charge in [0.2, 0.25) is 5.91 Å². The van der Waals surface area contributed by atoms with E-state index in [1.807, 2.05) is 0 Å². The van der Waals surface area contributed by atoms with Gasteiger partial charge in [-0.25, -0.2) is 4.39 Å². The summed E-state index contributed by atoms with van der Waals surface area (Å²) in [6, 6.07) is 13.4. The smallest absolute Gasteiger partial charge is 0.245 e. The van der Waals surface area contributed by atoms with Crippen LogP contribution in [0, 0.1) is 11.2 Å². The molecule has 1 aliphatic heterocycles. The molecule has 0 saturated heterocycles. The quantitative estimate of drug-likeness (QED) is 0.681. The SMILES string of the molecule is CCCCC1(C)CN(CC(=O)Nc2ccc(Cl)cc2)N=C1c1ccc(F)cc1. The van der Waals surface area contributed by atoms with E-state index in [-0.39, 0.29) is 23.7 Å². The molecule has 1 N–H and O–H groups in total. The number of halogens is 2. The van der Waals surface area contributed by atoms with Crippen LogP contribution in [0.1, 0.15) is 38.7 Å². The lowest BCUT2D eigenvalue weighted by Crippen LogP contribution is -2.34. The number of carbonyl (C=O) groups excluding carboxylic acids is 1. The number of hydrogen-bond donors (Lipinski definition) is 1. The number of carbonyl (C=O) groups is 1. The first-order chi connectivity index (χ1) is 13.4. The highest BCUT2D eigenvalue weighted by Crippen LogP contribution is 2.35. The minimum Gasteiger partial charge on any atom is -0.324 e. The van der Waals surface area contributed by atoms with Gasteiger partial charge in [-0.3, -0.25) is 9.80 Å². The summed E-state index contributed by atoms with van der Waals surface area (Å²) in [5.41, 5.74) is 2.35. The highest BCUT2D eigenvalue weighted by atomic mass is 35.5. The monoisotopic (exact) mass is 401 g/mol. The maximum Gasteiger partial charge on any atom is 0.245 e. The van der Waals surface area contributed by atoms with Crippen LogP contribution in [0.15, 0.2) is 53.6 Å². The van der Waals surface area contributed by atoms with E-state index in [2.05, 4.69) is 19.2 Å². The second kappa shape index (κ2) is 8.74. The Labute approximate surface area is 170 Å². The van der Waals surface area contributed by atoms with E-state index in [0.29, 0.717) is 17.3 Å². The topological polar surface area (TPSA) is 44.7 Å². The molecule has 1 aliphatic rings. The molecular weight excluding hydrogens is 377 g/mol. The Balaban J connectivity index is 1.74. The number of amides is 1. The third-order valence-electron chi connectivity index (χ3n) is 5.00. The first-order valence-corrected chi connectivity index (χ1v) is 9.93. The second-order valence-electron chi connectivity index (χ2n) is 7.50. The number of hydrogen-bond acceptors (Lipinski definition) is 3. The molecule has 3 rings (SSSR count). The molecule has 0 saturated carbocycles. The molecule has 2 aromatic rings. The number of hydrazone groups is 1. The van der Waals surface area contributed by atoms with Gasteiger partial charge in [-0.15, -0.1) is 0 Å². The van der Waals surface area contributed by atoms with Gasteiger partial charge in [0.1, 0.15) is 12.4 Å². The van der Waals surface area contributed by atoms with E-state index in [1.165, 1.54) is 12.1 Å². The van der Waals surface area contributed by atoms with Gasteiger partial charge in [0.15, 0.2) is 0 Å². The van der Waals surface area contributed by atoms with Crippen molar-refractivity contribution in [3.63, 3.8) is 0 Å². The van der Waals surface area contributed by atoms with E-state index < -0.39 is 0 Å². The van der Waals surface area contributed by atoms with Crippen molar-refractivity contribution >= 4 is 28.9 Å². The summed E-state index contributed by atoms with van der Waals surface area (Å²) in [7, 11) is 0. The molecule has 0 radical (unpaired) electrons. The Kier molecular flexibility index (Phi) is 6.35. The first kappa shape index (κ1) is 20.3. The lowest BCUT2D eigenvalue weighted by atomic mass is 9.78. The molecule has 0 aliphatic carbocycles. The van der Waals surface area contributed by atoms with Crippen molar-refractivity contribution in [2.24, 2.45) is 10.5 Å². The summed E-state index contributed by atoms with van der Waals surface area (Å²) >= 11 is 5.88. The van der Waals surface area contributed by atoms with Crippen LogP contribution in [-0.2, 0) is 4.79 Å². The first-order valence-electron chi connectivity index (χ1n) is 9.55. The van der Waals surface area contributed by atoms with Gasteiger partial charge in [-0.05, 0) is 48.4 Å². The zero-order chi connectivity index (χ0) is 20.1. The number of anilines is 1. The third-order valence-corrected chi connectivity index (χ3v) is 5.25. The van der Waals surface area contributed by atoms with Crippen molar-refractivity contribution in [3.8, 4) is 0 Å². The Morgan fingerprint density at radius 3 is 2.54 bits per heavy atom. The van der Waals surface area contributed by atoms with E-state index in [1.54, 1.807) is 41.4 Å². The maximum absolute atomic E-state index is 13.3. The summed E-state index contributed by atoms with van der Waals surface area (Å²) < 4.78 is 13.3. The van der Waals surface area contributed by atoms with Crippen molar-refractivity contribution < 1.29 is 9.18 Å². The maximum atomic E-state index is 13.3.